The van der Waals surface area contributed by atoms with E-state index in [0.717, 1.165) is 5.56 Å². The fraction of sp³-hybridized carbons (Fsp3) is 0.200. The third-order valence-electron chi connectivity index (χ3n) is 4.02. The van der Waals surface area contributed by atoms with Crippen molar-refractivity contribution in [2.75, 3.05) is 13.7 Å². The zero-order valence-corrected chi connectivity index (χ0v) is 16.7. The van der Waals surface area contributed by atoms with Crippen LogP contribution in [0.15, 0.2) is 64.0 Å². The number of benzene rings is 2. The van der Waals surface area contributed by atoms with Gasteiger partial charge in [0.2, 0.25) is 10.0 Å². The number of ether oxygens (including phenoxy) is 2. The van der Waals surface area contributed by atoms with Gasteiger partial charge in [0.05, 0.1) is 17.6 Å². The number of para-hydroxylation sites is 1. The molecular formula is C20H20N2O6S. The molecule has 0 amide bonds. The maximum atomic E-state index is 12.2. The molecule has 0 aliphatic heterocycles. The molecule has 0 saturated heterocycles. The van der Waals surface area contributed by atoms with Gasteiger partial charge in [-0.3, -0.25) is 0 Å². The molecule has 0 radical (unpaired) electrons. The lowest BCUT2D eigenvalue weighted by molar-refractivity contribution is 0.0437. The molecule has 9 heteroatoms. The number of sulfonamides is 1. The number of carbonyl (C=O) groups excluding carboxylic acids is 1. The van der Waals surface area contributed by atoms with Crippen LogP contribution in [0.3, 0.4) is 0 Å². The number of methoxy groups -OCH3 is 1. The summed E-state index contributed by atoms with van der Waals surface area (Å²) in [6.45, 7) is 1.85. The van der Waals surface area contributed by atoms with E-state index in [-0.39, 0.29) is 23.6 Å². The van der Waals surface area contributed by atoms with Gasteiger partial charge in [-0.1, -0.05) is 24.2 Å². The van der Waals surface area contributed by atoms with Crippen LogP contribution in [0.2, 0.25) is 0 Å². The summed E-state index contributed by atoms with van der Waals surface area (Å²) in [5.74, 6) is 0.412. The van der Waals surface area contributed by atoms with Crippen LogP contribution in [0, 0.1) is 0 Å². The Morgan fingerprint density at radius 3 is 2.55 bits per heavy atom. The Morgan fingerprint density at radius 1 is 1.14 bits per heavy atom. The van der Waals surface area contributed by atoms with Gasteiger partial charge in [0.1, 0.15) is 11.4 Å². The van der Waals surface area contributed by atoms with Crippen LogP contribution < -0.4 is 9.46 Å². The van der Waals surface area contributed by atoms with E-state index in [1.54, 1.807) is 20.1 Å². The summed E-state index contributed by atoms with van der Waals surface area (Å²) < 4.78 is 42.0. The van der Waals surface area contributed by atoms with Gasteiger partial charge >= 0.3 is 5.97 Å². The van der Waals surface area contributed by atoms with E-state index in [4.69, 9.17) is 14.0 Å². The van der Waals surface area contributed by atoms with Crippen molar-refractivity contribution >= 4 is 16.0 Å². The Kier molecular flexibility index (Phi) is 6.30. The minimum absolute atomic E-state index is 0.0765. The minimum atomic E-state index is -3.57. The second-order valence-electron chi connectivity index (χ2n) is 5.98. The van der Waals surface area contributed by atoms with Crippen molar-refractivity contribution in [1.29, 1.82) is 0 Å². The Morgan fingerprint density at radius 2 is 1.86 bits per heavy atom. The third-order valence-corrected chi connectivity index (χ3v) is 5.58. The first kappa shape index (κ1) is 20.6. The number of hydrogen-bond donors (Lipinski definition) is 1. The largest absolute Gasteiger partial charge is 0.496 e. The topological polar surface area (TPSA) is 108 Å². The van der Waals surface area contributed by atoms with Crippen LogP contribution >= 0.6 is 0 Å². The zero-order valence-electron chi connectivity index (χ0n) is 15.9. The van der Waals surface area contributed by atoms with E-state index < -0.39 is 16.0 Å². The number of esters is 1. The van der Waals surface area contributed by atoms with E-state index in [0.29, 0.717) is 17.2 Å². The highest BCUT2D eigenvalue weighted by Gasteiger charge is 2.16. The molecule has 1 N–H and O–H groups in total. The smallest absolute Gasteiger partial charge is 0.338 e. The third kappa shape index (κ3) is 4.82. The number of nitrogens with one attached hydrogen (secondary N) is 1. The molecule has 152 valence electrons. The molecular weight excluding hydrogens is 396 g/mol. The number of hydrogen-bond acceptors (Lipinski definition) is 7. The quantitative estimate of drug-likeness (QED) is 0.562. The molecule has 1 heterocycles. The molecule has 0 fully saturated rings. The van der Waals surface area contributed by atoms with E-state index in [1.807, 2.05) is 24.3 Å². The first-order valence-corrected chi connectivity index (χ1v) is 10.3. The Hall–Kier alpha value is -3.17. The van der Waals surface area contributed by atoms with Crippen molar-refractivity contribution in [2.24, 2.45) is 0 Å². The fourth-order valence-corrected chi connectivity index (χ4v) is 3.67. The highest BCUT2D eigenvalue weighted by molar-refractivity contribution is 7.89. The molecule has 0 spiro atoms. The average Bonchev–Trinajstić information content (AvgIpc) is 3.21. The number of carbonyl (C=O) groups is 1. The molecule has 29 heavy (non-hydrogen) atoms. The second-order valence-corrected chi connectivity index (χ2v) is 7.75. The summed E-state index contributed by atoms with van der Waals surface area (Å²) in [5, 5.41) is 3.98. The maximum Gasteiger partial charge on any atom is 0.338 e. The molecule has 8 nitrogen and oxygen atoms in total. The van der Waals surface area contributed by atoms with Gasteiger partial charge < -0.3 is 14.0 Å². The lowest BCUT2D eigenvalue weighted by Crippen LogP contribution is -2.23. The van der Waals surface area contributed by atoms with E-state index >= 15 is 0 Å². The SMILES string of the molecule is CCNS(=O)(=O)c1ccc(C(=O)OCc2cc(-c3ccccc3OC)no2)cc1. The fourth-order valence-electron chi connectivity index (χ4n) is 2.63. The monoisotopic (exact) mass is 416 g/mol. The standard InChI is InChI=1S/C20H20N2O6S/c1-3-21-29(24,25)16-10-8-14(9-11-16)20(23)27-13-15-12-18(22-28-15)17-6-4-5-7-19(17)26-2/h4-12,21H,3,13H2,1-2H3. The molecule has 0 unspecified atom stereocenters. The molecule has 0 bridgehead atoms. The van der Waals surface area contributed by atoms with Crippen molar-refractivity contribution in [3.05, 3.63) is 65.9 Å². The Bertz CT molecular complexity index is 1090. The average molecular weight is 416 g/mol. The highest BCUT2D eigenvalue weighted by Crippen LogP contribution is 2.29. The molecule has 0 atom stereocenters. The van der Waals surface area contributed by atoms with Gasteiger partial charge in [0.25, 0.3) is 0 Å². The van der Waals surface area contributed by atoms with Gasteiger partial charge in [-0.2, -0.15) is 0 Å². The van der Waals surface area contributed by atoms with Crippen molar-refractivity contribution in [1.82, 2.24) is 9.88 Å². The van der Waals surface area contributed by atoms with E-state index in [2.05, 4.69) is 9.88 Å². The van der Waals surface area contributed by atoms with Crippen LogP contribution in [0.4, 0.5) is 0 Å². The molecule has 0 aliphatic rings. The van der Waals surface area contributed by atoms with Gasteiger partial charge in [0, 0.05) is 18.2 Å². The number of rotatable bonds is 8. The lowest BCUT2D eigenvalue weighted by Gasteiger charge is -2.06. The Balaban J connectivity index is 1.65. The van der Waals surface area contributed by atoms with Crippen molar-refractivity contribution in [2.45, 2.75) is 18.4 Å². The van der Waals surface area contributed by atoms with Crippen LogP contribution in [-0.2, 0) is 21.4 Å². The van der Waals surface area contributed by atoms with Crippen molar-refractivity contribution < 1.29 is 27.2 Å². The number of aromatic nitrogens is 1. The summed E-state index contributed by atoms with van der Waals surface area (Å²) in [7, 11) is -2.01. The summed E-state index contributed by atoms with van der Waals surface area (Å²) in [6, 6.07) is 14.5. The number of nitrogens with zero attached hydrogens (tertiary/aromatic N) is 1. The Labute approximate surface area is 168 Å². The van der Waals surface area contributed by atoms with Gasteiger partial charge in [-0.15, -0.1) is 0 Å². The summed E-state index contributed by atoms with van der Waals surface area (Å²) >= 11 is 0. The molecule has 0 aliphatic carbocycles. The van der Waals surface area contributed by atoms with Crippen molar-refractivity contribution in [3.8, 4) is 17.0 Å². The molecule has 3 aromatic rings. The van der Waals surface area contributed by atoms with Gasteiger partial charge in [-0.25, -0.2) is 17.9 Å². The zero-order chi connectivity index (χ0) is 20.9. The first-order valence-electron chi connectivity index (χ1n) is 8.80. The van der Waals surface area contributed by atoms with E-state index in [9.17, 15) is 13.2 Å². The summed E-state index contributed by atoms with van der Waals surface area (Å²) in [4.78, 5) is 12.3. The lowest BCUT2D eigenvalue weighted by atomic mass is 10.1. The normalized spacial score (nSPS) is 11.2. The second kappa shape index (κ2) is 8.89. The van der Waals surface area contributed by atoms with Crippen LogP contribution in [0.25, 0.3) is 11.3 Å². The summed E-state index contributed by atoms with van der Waals surface area (Å²) in [5.41, 5.74) is 1.55. The molecule has 2 aromatic carbocycles. The maximum absolute atomic E-state index is 12.2. The molecule has 0 saturated carbocycles. The van der Waals surface area contributed by atoms with Crippen LogP contribution in [0.5, 0.6) is 5.75 Å². The first-order chi connectivity index (χ1) is 13.9. The van der Waals surface area contributed by atoms with E-state index in [1.165, 1.54) is 24.3 Å². The van der Waals surface area contributed by atoms with Crippen molar-refractivity contribution in [3.63, 3.8) is 0 Å². The predicted molar refractivity (Wildman–Crippen MR) is 105 cm³/mol. The van der Waals surface area contributed by atoms with Crippen LogP contribution in [-0.4, -0.2) is 33.2 Å². The van der Waals surface area contributed by atoms with Gasteiger partial charge in [-0.05, 0) is 36.4 Å². The highest BCUT2D eigenvalue weighted by atomic mass is 32.2. The molecule has 1 aromatic heterocycles. The van der Waals surface area contributed by atoms with Crippen LogP contribution in [0.1, 0.15) is 23.0 Å². The minimum Gasteiger partial charge on any atom is -0.496 e. The molecule has 3 rings (SSSR count). The summed E-state index contributed by atoms with van der Waals surface area (Å²) in [6.07, 6.45) is 0. The van der Waals surface area contributed by atoms with Gasteiger partial charge in [0.15, 0.2) is 12.4 Å². The predicted octanol–water partition coefficient (Wildman–Crippen LogP) is 3.01.